The number of methoxy groups -OCH3 is 1. The minimum Gasteiger partial charge on any atom is -0.497 e. The molecule has 7 nitrogen and oxygen atoms in total. The Kier molecular flexibility index (Phi) is 8.55. The lowest BCUT2D eigenvalue weighted by molar-refractivity contribution is 0.0968. The van der Waals surface area contributed by atoms with Crippen LogP contribution >= 0.6 is 0 Å². The number of fused-ring (bicyclic) bond motifs is 1. The summed E-state index contributed by atoms with van der Waals surface area (Å²) in [5.41, 5.74) is 6.21. The predicted molar refractivity (Wildman–Crippen MR) is 189 cm³/mol. The fourth-order valence-electron chi connectivity index (χ4n) is 5.89. The van der Waals surface area contributed by atoms with Gasteiger partial charge < -0.3 is 9.64 Å². The molecule has 1 N–H and O–H groups in total. The zero-order valence-corrected chi connectivity index (χ0v) is 28.1. The number of nitrogens with zero attached hydrogens (tertiary/aromatic N) is 2. The van der Waals surface area contributed by atoms with Gasteiger partial charge in [-0.3, -0.25) is 14.4 Å². The van der Waals surface area contributed by atoms with E-state index in [-0.39, 0.29) is 16.2 Å². The van der Waals surface area contributed by atoms with Gasteiger partial charge in [0.1, 0.15) is 11.9 Å². The van der Waals surface area contributed by atoms with E-state index in [1.54, 1.807) is 36.3 Å². The molecule has 0 unspecified atom stereocenters. The fourth-order valence-corrected chi connectivity index (χ4v) is 6.97. The number of anilines is 3. The molecule has 0 saturated heterocycles. The number of hydrogen-bond acceptors (Lipinski definition) is 5. The van der Waals surface area contributed by atoms with Crippen LogP contribution in [0, 0.1) is 6.92 Å². The molecule has 5 aromatic carbocycles. The molecular formula is C39H39N3O4S. The molecule has 0 radical (unpaired) electrons. The summed E-state index contributed by atoms with van der Waals surface area (Å²) in [4.78, 5) is 18.6. The molecule has 5 aromatic rings. The first-order valence-electron chi connectivity index (χ1n) is 15.6. The zero-order valence-electron chi connectivity index (χ0n) is 27.3. The van der Waals surface area contributed by atoms with Gasteiger partial charge in [0, 0.05) is 17.9 Å². The highest BCUT2D eigenvalue weighted by Gasteiger charge is 2.40. The maximum Gasteiger partial charge on any atom is 0.262 e. The van der Waals surface area contributed by atoms with E-state index in [0.29, 0.717) is 34.9 Å². The van der Waals surface area contributed by atoms with Crippen molar-refractivity contribution in [2.45, 2.75) is 50.7 Å². The average molecular weight is 646 g/mol. The van der Waals surface area contributed by atoms with Gasteiger partial charge in [-0.2, -0.15) is 0 Å². The van der Waals surface area contributed by atoms with E-state index < -0.39 is 16.2 Å². The molecule has 0 fully saturated rings. The molecule has 1 atom stereocenters. The number of amides is 1. The average Bonchev–Trinajstić information content (AvgIpc) is 3.07. The van der Waals surface area contributed by atoms with Crippen LogP contribution in [0.5, 0.6) is 5.75 Å². The van der Waals surface area contributed by atoms with Crippen LogP contribution in [0.4, 0.5) is 17.1 Å². The summed E-state index contributed by atoms with van der Waals surface area (Å²) in [7, 11) is -2.39. The van der Waals surface area contributed by atoms with Gasteiger partial charge in [0.15, 0.2) is 0 Å². The second-order valence-corrected chi connectivity index (χ2v) is 14.6. The van der Waals surface area contributed by atoms with Crippen LogP contribution < -0.4 is 19.3 Å². The smallest absolute Gasteiger partial charge is 0.262 e. The van der Waals surface area contributed by atoms with Crippen LogP contribution in [0.25, 0.3) is 0 Å². The third-order valence-electron chi connectivity index (χ3n) is 8.50. The molecule has 1 heterocycles. The number of sulfonamides is 1. The number of nitrogens with one attached hydrogen (secondary N) is 1. The lowest BCUT2D eigenvalue weighted by atomic mass is 9.86. The van der Waals surface area contributed by atoms with E-state index in [2.05, 4.69) is 66.8 Å². The normalized spacial score (nSPS) is 14.9. The maximum atomic E-state index is 14.7. The van der Waals surface area contributed by atoms with Crippen LogP contribution in [-0.4, -0.2) is 21.4 Å². The van der Waals surface area contributed by atoms with Crippen LogP contribution in [0.2, 0.25) is 0 Å². The number of carbonyl (C=O) groups is 1. The Bertz CT molecular complexity index is 1990. The number of carbonyl (C=O) groups excluding carboxylic acids is 1. The van der Waals surface area contributed by atoms with Crippen molar-refractivity contribution in [3.63, 3.8) is 0 Å². The number of hydrogen-bond donors (Lipinski definition) is 1. The molecule has 1 aliphatic heterocycles. The van der Waals surface area contributed by atoms with Crippen LogP contribution in [0.3, 0.4) is 0 Å². The number of ether oxygens (including phenoxy) is 1. The Morgan fingerprint density at radius 2 is 1.47 bits per heavy atom. The Morgan fingerprint density at radius 3 is 2.09 bits per heavy atom. The summed E-state index contributed by atoms with van der Waals surface area (Å²) < 4.78 is 35.3. The van der Waals surface area contributed by atoms with Gasteiger partial charge in [0.05, 0.1) is 23.3 Å². The topological polar surface area (TPSA) is 78.9 Å². The van der Waals surface area contributed by atoms with Crippen molar-refractivity contribution < 1.29 is 17.9 Å². The van der Waals surface area contributed by atoms with Crippen LogP contribution in [0.15, 0.2) is 126 Å². The van der Waals surface area contributed by atoms with Gasteiger partial charge in [0.25, 0.3) is 15.9 Å². The van der Waals surface area contributed by atoms with E-state index >= 15 is 0 Å². The molecular weight excluding hydrogens is 607 g/mol. The van der Waals surface area contributed by atoms with Crippen molar-refractivity contribution in [1.29, 1.82) is 0 Å². The van der Waals surface area contributed by atoms with Crippen molar-refractivity contribution in [2.24, 2.45) is 0 Å². The number of aryl methyl sites for hydroxylation is 1. The first-order valence-corrected chi connectivity index (χ1v) is 17.0. The third kappa shape index (κ3) is 6.60. The summed E-state index contributed by atoms with van der Waals surface area (Å²) in [6.45, 7) is 8.94. The van der Waals surface area contributed by atoms with Gasteiger partial charge in [-0.25, -0.2) is 8.42 Å². The SMILES string of the molecule is COc1ccc(N2C(=O)c3cc(S(=O)(=O)Nc4ccc(C)cc4)ccc3N(Cc3ccccc3)[C@@H]2c2ccc(C(C)(C)C)cc2)cc1. The van der Waals surface area contributed by atoms with Gasteiger partial charge in [0.2, 0.25) is 0 Å². The molecule has 6 rings (SSSR count). The monoisotopic (exact) mass is 645 g/mol. The van der Waals surface area contributed by atoms with Crippen molar-refractivity contribution in [2.75, 3.05) is 21.6 Å². The van der Waals surface area contributed by atoms with Crippen LogP contribution in [-0.2, 0) is 22.0 Å². The lowest BCUT2D eigenvalue weighted by Crippen LogP contribution is -2.49. The molecule has 0 aromatic heterocycles. The second kappa shape index (κ2) is 12.6. The largest absolute Gasteiger partial charge is 0.497 e. The third-order valence-corrected chi connectivity index (χ3v) is 9.88. The molecule has 8 heteroatoms. The minimum atomic E-state index is -3.99. The van der Waals surface area contributed by atoms with E-state index in [4.69, 9.17) is 4.74 Å². The first-order chi connectivity index (χ1) is 22.4. The van der Waals surface area contributed by atoms with Crippen molar-refractivity contribution in [3.8, 4) is 5.75 Å². The Balaban J connectivity index is 1.52. The van der Waals surface area contributed by atoms with Gasteiger partial charge >= 0.3 is 0 Å². The Hall–Kier alpha value is -5.08. The van der Waals surface area contributed by atoms with E-state index in [1.807, 2.05) is 61.5 Å². The summed E-state index contributed by atoms with van der Waals surface area (Å²) in [5, 5.41) is 0. The molecule has 0 saturated carbocycles. The molecule has 47 heavy (non-hydrogen) atoms. The molecule has 1 amide bonds. The molecule has 1 aliphatic rings. The summed E-state index contributed by atoms with van der Waals surface area (Å²) in [6.07, 6.45) is -0.522. The molecule has 0 spiro atoms. The van der Waals surface area contributed by atoms with Gasteiger partial charge in [-0.1, -0.05) is 93.1 Å². The minimum absolute atomic E-state index is 0.00694. The molecule has 0 bridgehead atoms. The van der Waals surface area contributed by atoms with Crippen molar-refractivity contribution in [3.05, 3.63) is 149 Å². The highest BCUT2D eigenvalue weighted by molar-refractivity contribution is 7.92. The van der Waals surface area contributed by atoms with Crippen molar-refractivity contribution >= 4 is 33.0 Å². The predicted octanol–water partition coefficient (Wildman–Crippen LogP) is 8.47. The highest BCUT2D eigenvalue weighted by atomic mass is 32.2. The maximum absolute atomic E-state index is 14.7. The highest BCUT2D eigenvalue weighted by Crippen LogP contribution is 2.44. The summed E-state index contributed by atoms with van der Waals surface area (Å²) in [5.74, 6) is 0.369. The van der Waals surface area contributed by atoms with E-state index in [0.717, 1.165) is 16.7 Å². The Labute approximate surface area is 277 Å². The van der Waals surface area contributed by atoms with Gasteiger partial charge in [-0.05, 0) is 83.6 Å². The fraction of sp³-hybridized carbons (Fsp3) is 0.205. The standard InChI is InChI=1S/C39H39N3O4S/c1-27-11-17-31(18-12-27)40-47(44,45)34-23-24-36-35(25-34)38(43)42(32-19-21-33(46-5)22-20-32)37(41(36)26-28-9-7-6-8-10-28)29-13-15-30(16-14-29)39(2,3)4/h6-25,37,40H,26H2,1-5H3/t37-/m0/s1. The molecule has 0 aliphatic carbocycles. The van der Waals surface area contributed by atoms with E-state index in [9.17, 15) is 13.2 Å². The zero-order chi connectivity index (χ0) is 33.3. The lowest BCUT2D eigenvalue weighted by Gasteiger charge is -2.46. The Morgan fingerprint density at radius 1 is 0.809 bits per heavy atom. The summed E-state index contributed by atoms with van der Waals surface area (Å²) >= 11 is 0. The van der Waals surface area contributed by atoms with Gasteiger partial charge in [-0.15, -0.1) is 0 Å². The van der Waals surface area contributed by atoms with Crippen LogP contribution in [0.1, 0.15) is 59.5 Å². The van der Waals surface area contributed by atoms with E-state index in [1.165, 1.54) is 11.6 Å². The quantitative estimate of drug-likeness (QED) is 0.183. The summed E-state index contributed by atoms with van der Waals surface area (Å²) in [6, 6.07) is 37.8. The first kappa shape index (κ1) is 31.9. The van der Waals surface area contributed by atoms with Crippen molar-refractivity contribution in [1.82, 2.24) is 0 Å². The number of benzene rings is 5. The second-order valence-electron chi connectivity index (χ2n) is 12.9. The number of rotatable bonds is 8. The molecule has 240 valence electrons.